The van der Waals surface area contributed by atoms with Gasteiger partial charge in [0, 0.05) is 17.0 Å². The lowest BCUT2D eigenvalue weighted by Crippen LogP contribution is -2.16. The summed E-state index contributed by atoms with van der Waals surface area (Å²) >= 11 is 8.29. The summed E-state index contributed by atoms with van der Waals surface area (Å²) in [5.74, 6) is 0.735. The predicted octanol–water partition coefficient (Wildman–Crippen LogP) is 2.09. The van der Waals surface area contributed by atoms with Crippen molar-refractivity contribution in [2.45, 2.75) is 6.92 Å². The van der Waals surface area contributed by atoms with Crippen molar-refractivity contribution in [1.82, 2.24) is 0 Å². The molecule has 0 aliphatic carbocycles. The lowest BCUT2D eigenvalue weighted by molar-refractivity contribution is 0.174. The van der Waals surface area contributed by atoms with Crippen LogP contribution in [0, 0.1) is 5.92 Å². The van der Waals surface area contributed by atoms with Crippen LogP contribution in [-0.4, -0.2) is 23.3 Å². The van der Waals surface area contributed by atoms with Crippen LogP contribution in [0.15, 0.2) is 22.7 Å². The van der Waals surface area contributed by atoms with Gasteiger partial charge in [0.05, 0.1) is 12.2 Å². The van der Waals surface area contributed by atoms with Crippen molar-refractivity contribution >= 4 is 33.1 Å². The quantitative estimate of drug-likeness (QED) is 0.818. The number of aliphatic hydroxyl groups excluding tert-OH is 1. The second-order valence-electron chi connectivity index (χ2n) is 3.60. The maximum absolute atomic E-state index is 8.90. The molecule has 0 fully saturated rings. The summed E-state index contributed by atoms with van der Waals surface area (Å²) in [6.45, 7) is 2.44. The van der Waals surface area contributed by atoms with Gasteiger partial charge in [-0.15, -0.1) is 0 Å². The molecule has 0 aliphatic heterocycles. The van der Waals surface area contributed by atoms with Crippen molar-refractivity contribution in [1.29, 1.82) is 0 Å². The number of hydrogen-bond donors (Lipinski definition) is 2. The zero-order valence-corrected chi connectivity index (χ0v) is 11.3. The van der Waals surface area contributed by atoms with E-state index >= 15 is 0 Å². The first-order valence-electron chi connectivity index (χ1n) is 4.87. The molecule has 0 radical (unpaired) electrons. The Kier molecular flexibility index (Phi) is 5.18. The van der Waals surface area contributed by atoms with Crippen LogP contribution in [0.25, 0.3) is 0 Å². The van der Waals surface area contributed by atoms with Crippen molar-refractivity contribution in [3.05, 3.63) is 28.2 Å². The van der Waals surface area contributed by atoms with Gasteiger partial charge in [-0.1, -0.05) is 35.1 Å². The first kappa shape index (κ1) is 13.4. The van der Waals surface area contributed by atoms with E-state index in [0.717, 1.165) is 4.47 Å². The lowest BCUT2D eigenvalue weighted by atomic mass is 10.2. The number of aliphatic hydroxyl groups is 1. The van der Waals surface area contributed by atoms with Crippen LogP contribution < -0.4 is 10.5 Å². The molecule has 1 atom stereocenters. The molecule has 0 heterocycles. The molecule has 1 unspecified atom stereocenters. The highest BCUT2D eigenvalue weighted by Crippen LogP contribution is 2.23. The zero-order valence-electron chi connectivity index (χ0n) is 8.94. The highest BCUT2D eigenvalue weighted by Gasteiger charge is 2.09. The summed E-state index contributed by atoms with van der Waals surface area (Å²) in [5, 5.41) is 8.90. The number of hydrogen-bond acceptors (Lipinski definition) is 3. The van der Waals surface area contributed by atoms with Gasteiger partial charge < -0.3 is 15.6 Å². The minimum Gasteiger partial charge on any atom is -0.492 e. The van der Waals surface area contributed by atoms with Crippen LogP contribution in [0.2, 0.25) is 0 Å². The number of ether oxygens (including phenoxy) is 1. The summed E-state index contributed by atoms with van der Waals surface area (Å²) in [5.41, 5.74) is 6.31. The molecule has 0 aromatic heterocycles. The largest absolute Gasteiger partial charge is 0.492 e. The minimum absolute atomic E-state index is 0.0860. The Labute approximate surface area is 109 Å². The minimum atomic E-state index is 0.0860. The third-order valence-corrected chi connectivity index (χ3v) is 2.76. The highest BCUT2D eigenvalue weighted by atomic mass is 79.9. The number of benzene rings is 1. The van der Waals surface area contributed by atoms with Gasteiger partial charge in [-0.05, 0) is 18.2 Å². The highest BCUT2D eigenvalue weighted by molar-refractivity contribution is 9.10. The summed E-state index contributed by atoms with van der Waals surface area (Å²) in [4.78, 5) is 0.299. The Hall–Kier alpha value is -0.650. The first-order valence-corrected chi connectivity index (χ1v) is 6.07. The second kappa shape index (κ2) is 6.18. The number of rotatable bonds is 5. The molecule has 1 aromatic carbocycles. The van der Waals surface area contributed by atoms with Gasteiger partial charge in [0.2, 0.25) is 0 Å². The topological polar surface area (TPSA) is 55.5 Å². The molecule has 0 amide bonds. The van der Waals surface area contributed by atoms with E-state index in [2.05, 4.69) is 15.9 Å². The molecule has 0 aliphatic rings. The van der Waals surface area contributed by atoms with Gasteiger partial charge in [0.25, 0.3) is 0 Å². The summed E-state index contributed by atoms with van der Waals surface area (Å²) in [7, 11) is 0. The summed E-state index contributed by atoms with van der Waals surface area (Å²) < 4.78 is 6.46. The van der Waals surface area contributed by atoms with E-state index in [9.17, 15) is 0 Å². The van der Waals surface area contributed by atoms with Crippen LogP contribution in [0.5, 0.6) is 5.75 Å². The van der Waals surface area contributed by atoms with Crippen LogP contribution in [0.4, 0.5) is 0 Å². The van der Waals surface area contributed by atoms with E-state index in [-0.39, 0.29) is 12.5 Å². The zero-order chi connectivity index (χ0) is 12.1. The molecular formula is C11H14BrNO2S. The van der Waals surface area contributed by atoms with E-state index in [4.69, 9.17) is 27.8 Å². The average Bonchev–Trinajstić information content (AvgIpc) is 2.26. The third kappa shape index (κ3) is 3.73. The first-order chi connectivity index (χ1) is 7.54. The molecule has 88 valence electrons. The summed E-state index contributed by atoms with van der Waals surface area (Å²) in [6, 6.07) is 5.49. The van der Waals surface area contributed by atoms with Crippen molar-refractivity contribution in [2.75, 3.05) is 13.2 Å². The standard InChI is InChI=1S/C11H14BrNO2S/c1-7(5-14)6-15-10-3-2-8(12)4-9(10)11(13)16/h2-4,7,14H,5-6H2,1H3,(H2,13,16). The van der Waals surface area contributed by atoms with Gasteiger partial charge in [-0.3, -0.25) is 0 Å². The third-order valence-electron chi connectivity index (χ3n) is 2.04. The monoisotopic (exact) mass is 303 g/mol. The molecule has 0 spiro atoms. The van der Waals surface area contributed by atoms with E-state index in [1.807, 2.05) is 25.1 Å². The normalized spacial score (nSPS) is 12.2. The molecule has 0 saturated carbocycles. The van der Waals surface area contributed by atoms with E-state index in [1.54, 1.807) is 0 Å². The Morgan fingerprint density at radius 2 is 2.31 bits per heavy atom. The van der Waals surface area contributed by atoms with Gasteiger partial charge in [0.1, 0.15) is 10.7 Å². The molecule has 16 heavy (non-hydrogen) atoms. The fraction of sp³-hybridized carbons (Fsp3) is 0.364. The predicted molar refractivity (Wildman–Crippen MR) is 71.8 cm³/mol. The number of thiocarbonyl (C=S) groups is 1. The maximum Gasteiger partial charge on any atom is 0.129 e. The number of halogens is 1. The summed E-state index contributed by atoms with van der Waals surface area (Å²) in [6.07, 6.45) is 0. The van der Waals surface area contributed by atoms with Crippen LogP contribution in [-0.2, 0) is 0 Å². The van der Waals surface area contributed by atoms with Crippen LogP contribution in [0.3, 0.4) is 0 Å². The Morgan fingerprint density at radius 1 is 1.62 bits per heavy atom. The van der Waals surface area contributed by atoms with Crippen molar-refractivity contribution in [3.8, 4) is 5.75 Å². The van der Waals surface area contributed by atoms with E-state index in [1.165, 1.54) is 0 Å². The van der Waals surface area contributed by atoms with Crippen LogP contribution in [0.1, 0.15) is 12.5 Å². The smallest absolute Gasteiger partial charge is 0.129 e. The van der Waals surface area contributed by atoms with Gasteiger partial charge in [-0.2, -0.15) is 0 Å². The molecule has 0 saturated heterocycles. The molecule has 1 aromatic rings. The lowest BCUT2D eigenvalue weighted by Gasteiger charge is -2.13. The van der Waals surface area contributed by atoms with E-state index in [0.29, 0.717) is 22.9 Å². The van der Waals surface area contributed by atoms with Crippen molar-refractivity contribution in [2.24, 2.45) is 11.7 Å². The molecule has 3 N–H and O–H groups in total. The SMILES string of the molecule is CC(CO)COc1ccc(Br)cc1C(N)=S. The van der Waals surface area contributed by atoms with Gasteiger partial charge >= 0.3 is 0 Å². The van der Waals surface area contributed by atoms with E-state index < -0.39 is 0 Å². The van der Waals surface area contributed by atoms with Crippen molar-refractivity contribution in [3.63, 3.8) is 0 Å². The molecule has 3 nitrogen and oxygen atoms in total. The fourth-order valence-corrected chi connectivity index (χ4v) is 1.63. The van der Waals surface area contributed by atoms with Crippen LogP contribution >= 0.6 is 28.1 Å². The Balaban J connectivity index is 2.82. The molecule has 5 heteroatoms. The Bertz CT molecular complexity index is 384. The van der Waals surface area contributed by atoms with Crippen molar-refractivity contribution < 1.29 is 9.84 Å². The molecular weight excluding hydrogens is 290 g/mol. The Morgan fingerprint density at radius 3 is 2.88 bits per heavy atom. The number of nitrogens with two attached hydrogens (primary N) is 1. The molecule has 0 bridgehead atoms. The maximum atomic E-state index is 8.90. The van der Waals surface area contributed by atoms with Gasteiger partial charge in [0.15, 0.2) is 0 Å². The second-order valence-corrected chi connectivity index (χ2v) is 4.96. The van der Waals surface area contributed by atoms with Gasteiger partial charge in [-0.25, -0.2) is 0 Å². The molecule has 1 rings (SSSR count). The fourth-order valence-electron chi connectivity index (χ4n) is 1.11. The average molecular weight is 304 g/mol.